The molecule has 0 atom stereocenters. The molecule has 0 aliphatic carbocycles. The summed E-state index contributed by atoms with van der Waals surface area (Å²) >= 11 is 0. The Morgan fingerprint density at radius 2 is 1.71 bits per heavy atom. The molecule has 17 heavy (non-hydrogen) atoms. The average Bonchev–Trinajstić information content (AvgIpc) is 2.15. The molecule has 3 nitrogen and oxygen atoms in total. The van der Waals surface area contributed by atoms with E-state index >= 15 is 0 Å². The largest absolute Gasteiger partial charge is 0.466 e. The van der Waals surface area contributed by atoms with E-state index < -0.39 is 5.97 Å². The van der Waals surface area contributed by atoms with Crippen molar-refractivity contribution < 1.29 is 14.3 Å². The molecule has 0 radical (unpaired) electrons. The van der Waals surface area contributed by atoms with Gasteiger partial charge >= 0.3 is 5.97 Å². The fourth-order valence-electron chi connectivity index (χ4n) is 1.62. The SMILES string of the molecule is CCOC(=O)CC(=O)CCCCCC(C)(C)C. The van der Waals surface area contributed by atoms with Gasteiger partial charge in [0.1, 0.15) is 12.2 Å². The maximum atomic E-state index is 11.4. The highest BCUT2D eigenvalue weighted by Gasteiger charge is 2.11. The standard InChI is InChI=1S/C14H26O3/c1-5-17-13(16)11-12(15)9-7-6-8-10-14(2,3)4/h5-11H2,1-4H3. The molecule has 100 valence electrons. The number of Topliss-reactive ketones (excluding diaryl/α,β-unsaturated/α-hetero) is 1. The topological polar surface area (TPSA) is 43.4 Å². The van der Waals surface area contributed by atoms with Crippen molar-refractivity contribution in [1.82, 2.24) is 0 Å². The van der Waals surface area contributed by atoms with Gasteiger partial charge in [0.2, 0.25) is 0 Å². The van der Waals surface area contributed by atoms with Crippen LogP contribution in [0.15, 0.2) is 0 Å². The maximum absolute atomic E-state index is 11.4. The first kappa shape index (κ1) is 16.1. The second-order valence-electron chi connectivity index (χ2n) is 5.64. The van der Waals surface area contributed by atoms with Crippen LogP contribution in [0.1, 0.15) is 66.2 Å². The van der Waals surface area contributed by atoms with Crippen LogP contribution in [0.5, 0.6) is 0 Å². The predicted octanol–water partition coefficient (Wildman–Crippen LogP) is 3.51. The minimum absolute atomic E-state index is 0.000733. The van der Waals surface area contributed by atoms with Gasteiger partial charge in [0, 0.05) is 6.42 Å². The number of ether oxygens (including phenoxy) is 1. The number of ketones is 1. The van der Waals surface area contributed by atoms with Crippen LogP contribution in [-0.2, 0) is 14.3 Å². The molecule has 0 amide bonds. The normalized spacial score (nSPS) is 11.3. The van der Waals surface area contributed by atoms with Crippen LogP contribution in [-0.4, -0.2) is 18.4 Å². The Morgan fingerprint density at radius 3 is 2.24 bits per heavy atom. The quantitative estimate of drug-likeness (QED) is 0.371. The lowest BCUT2D eigenvalue weighted by molar-refractivity contribution is -0.145. The highest BCUT2D eigenvalue weighted by Crippen LogP contribution is 2.22. The maximum Gasteiger partial charge on any atom is 0.313 e. The van der Waals surface area contributed by atoms with E-state index in [0.29, 0.717) is 18.4 Å². The Labute approximate surface area is 105 Å². The fourth-order valence-corrected chi connectivity index (χ4v) is 1.62. The van der Waals surface area contributed by atoms with E-state index in [0.717, 1.165) is 19.3 Å². The van der Waals surface area contributed by atoms with E-state index in [4.69, 9.17) is 4.74 Å². The summed E-state index contributed by atoms with van der Waals surface area (Å²) in [6.45, 7) is 8.75. The Balaban J connectivity index is 3.49. The van der Waals surface area contributed by atoms with E-state index in [9.17, 15) is 9.59 Å². The summed E-state index contributed by atoms with van der Waals surface area (Å²) < 4.78 is 4.72. The molecule has 0 saturated carbocycles. The summed E-state index contributed by atoms with van der Waals surface area (Å²) in [7, 11) is 0. The molecule has 0 spiro atoms. The van der Waals surface area contributed by atoms with E-state index in [1.807, 2.05) is 0 Å². The Morgan fingerprint density at radius 1 is 1.06 bits per heavy atom. The van der Waals surface area contributed by atoms with Crippen molar-refractivity contribution in [1.29, 1.82) is 0 Å². The van der Waals surface area contributed by atoms with Crippen molar-refractivity contribution in [2.45, 2.75) is 66.2 Å². The number of carbonyl (C=O) groups excluding carboxylic acids is 2. The van der Waals surface area contributed by atoms with Gasteiger partial charge < -0.3 is 4.74 Å². The Bertz CT molecular complexity index is 238. The number of esters is 1. The molecule has 3 heteroatoms. The van der Waals surface area contributed by atoms with E-state index in [2.05, 4.69) is 20.8 Å². The van der Waals surface area contributed by atoms with Gasteiger partial charge in [-0.2, -0.15) is 0 Å². The number of rotatable bonds is 8. The van der Waals surface area contributed by atoms with Crippen LogP contribution in [0.3, 0.4) is 0 Å². The van der Waals surface area contributed by atoms with Crippen molar-refractivity contribution in [3.8, 4) is 0 Å². The lowest BCUT2D eigenvalue weighted by Crippen LogP contribution is -2.11. The first-order valence-electron chi connectivity index (χ1n) is 6.52. The van der Waals surface area contributed by atoms with Crippen molar-refractivity contribution in [2.75, 3.05) is 6.61 Å². The van der Waals surface area contributed by atoms with Crippen LogP contribution in [0.25, 0.3) is 0 Å². The summed E-state index contributed by atoms with van der Waals surface area (Å²) in [5, 5.41) is 0. The molecular weight excluding hydrogens is 216 g/mol. The summed E-state index contributed by atoms with van der Waals surface area (Å²) in [5.41, 5.74) is 0.370. The van der Waals surface area contributed by atoms with Crippen molar-refractivity contribution in [3.63, 3.8) is 0 Å². The Hall–Kier alpha value is -0.860. The van der Waals surface area contributed by atoms with E-state index in [1.54, 1.807) is 6.92 Å². The fraction of sp³-hybridized carbons (Fsp3) is 0.857. The number of carbonyl (C=O) groups is 2. The zero-order valence-electron chi connectivity index (χ0n) is 11.7. The molecule has 0 aliphatic rings. The lowest BCUT2D eigenvalue weighted by atomic mass is 9.89. The van der Waals surface area contributed by atoms with Gasteiger partial charge in [-0.15, -0.1) is 0 Å². The van der Waals surface area contributed by atoms with Gasteiger partial charge in [-0.25, -0.2) is 0 Å². The van der Waals surface area contributed by atoms with Crippen molar-refractivity contribution in [2.24, 2.45) is 5.41 Å². The van der Waals surface area contributed by atoms with Gasteiger partial charge in [-0.1, -0.05) is 33.6 Å². The zero-order valence-corrected chi connectivity index (χ0v) is 11.7. The average molecular weight is 242 g/mol. The summed E-state index contributed by atoms with van der Waals surface area (Å²) in [5.74, 6) is -0.397. The molecule has 0 rings (SSSR count). The minimum Gasteiger partial charge on any atom is -0.466 e. The van der Waals surface area contributed by atoms with Crippen LogP contribution >= 0.6 is 0 Å². The number of hydrogen-bond donors (Lipinski definition) is 0. The molecule has 0 aromatic rings. The highest BCUT2D eigenvalue weighted by atomic mass is 16.5. The molecule has 0 fully saturated rings. The first-order chi connectivity index (χ1) is 7.85. The molecule has 0 aromatic heterocycles. The third kappa shape index (κ3) is 11.4. The molecule has 0 bridgehead atoms. The summed E-state index contributed by atoms with van der Waals surface area (Å²) in [4.78, 5) is 22.4. The second-order valence-corrected chi connectivity index (χ2v) is 5.64. The third-order valence-electron chi connectivity index (χ3n) is 2.53. The number of hydrogen-bond acceptors (Lipinski definition) is 3. The smallest absolute Gasteiger partial charge is 0.313 e. The monoisotopic (exact) mass is 242 g/mol. The summed E-state index contributed by atoms with van der Waals surface area (Å²) in [6.07, 6.45) is 4.71. The van der Waals surface area contributed by atoms with Gasteiger partial charge in [0.05, 0.1) is 6.61 Å². The Kier molecular flexibility index (Phi) is 7.85. The van der Waals surface area contributed by atoms with Crippen LogP contribution in [0.2, 0.25) is 0 Å². The van der Waals surface area contributed by atoms with E-state index in [-0.39, 0.29) is 12.2 Å². The van der Waals surface area contributed by atoms with Crippen LogP contribution < -0.4 is 0 Å². The molecule has 0 N–H and O–H groups in total. The predicted molar refractivity (Wildman–Crippen MR) is 68.8 cm³/mol. The molecule has 0 saturated heterocycles. The second kappa shape index (κ2) is 8.26. The number of unbranched alkanes of at least 4 members (excludes halogenated alkanes) is 2. The van der Waals surface area contributed by atoms with Crippen LogP contribution in [0.4, 0.5) is 0 Å². The van der Waals surface area contributed by atoms with Crippen molar-refractivity contribution in [3.05, 3.63) is 0 Å². The van der Waals surface area contributed by atoms with Crippen LogP contribution in [0, 0.1) is 5.41 Å². The van der Waals surface area contributed by atoms with Gasteiger partial charge in [-0.3, -0.25) is 9.59 Å². The zero-order chi connectivity index (χ0) is 13.3. The summed E-state index contributed by atoms with van der Waals surface area (Å²) in [6, 6.07) is 0. The van der Waals surface area contributed by atoms with Gasteiger partial charge in [-0.05, 0) is 25.2 Å². The van der Waals surface area contributed by atoms with Gasteiger partial charge in [0.25, 0.3) is 0 Å². The van der Waals surface area contributed by atoms with Crippen molar-refractivity contribution >= 4 is 11.8 Å². The van der Waals surface area contributed by atoms with E-state index in [1.165, 1.54) is 6.42 Å². The third-order valence-corrected chi connectivity index (χ3v) is 2.53. The highest BCUT2D eigenvalue weighted by molar-refractivity contribution is 5.95. The molecule has 0 heterocycles. The minimum atomic E-state index is -0.396. The molecule has 0 unspecified atom stereocenters. The first-order valence-corrected chi connectivity index (χ1v) is 6.52. The van der Waals surface area contributed by atoms with Gasteiger partial charge in [0.15, 0.2) is 0 Å². The molecular formula is C14H26O3. The lowest BCUT2D eigenvalue weighted by Gasteiger charge is -2.17. The molecule has 0 aliphatic heterocycles. The molecule has 0 aromatic carbocycles.